The van der Waals surface area contributed by atoms with E-state index in [0.29, 0.717) is 40.6 Å². The molecule has 1 aliphatic heterocycles. The number of nitrogens with one attached hydrogen (secondary N) is 1. The Bertz CT molecular complexity index is 1690. The minimum absolute atomic E-state index is 0.0429. The highest BCUT2D eigenvalue weighted by Crippen LogP contribution is 2.45. The molecule has 1 aliphatic rings. The number of ether oxygens (including phenoxy) is 2. The summed E-state index contributed by atoms with van der Waals surface area (Å²) >= 11 is 9.69. The summed E-state index contributed by atoms with van der Waals surface area (Å²) in [4.78, 5) is 22.5. The van der Waals surface area contributed by atoms with Gasteiger partial charge in [-0.1, -0.05) is 81.2 Å². The van der Waals surface area contributed by atoms with Crippen LogP contribution in [0.3, 0.4) is 0 Å². The van der Waals surface area contributed by atoms with Crippen molar-refractivity contribution >= 4 is 45.0 Å². The van der Waals surface area contributed by atoms with E-state index < -0.39 is 11.6 Å². The molecule has 0 aliphatic carbocycles. The van der Waals surface area contributed by atoms with Crippen LogP contribution in [0.2, 0.25) is 5.02 Å². The van der Waals surface area contributed by atoms with E-state index >= 15 is 0 Å². The van der Waals surface area contributed by atoms with Crippen LogP contribution >= 0.6 is 27.5 Å². The number of amides is 1. The van der Waals surface area contributed by atoms with Crippen molar-refractivity contribution in [1.82, 2.24) is 5.32 Å². The number of benzene rings is 4. The van der Waals surface area contributed by atoms with E-state index in [1.807, 2.05) is 48.5 Å². The van der Waals surface area contributed by atoms with Crippen LogP contribution in [0.25, 0.3) is 10.4 Å². The molecule has 0 bridgehead atoms. The highest BCUT2D eigenvalue weighted by atomic mass is 79.9. The molecule has 5 rings (SSSR count). The number of hydrogen-bond donors (Lipinski definition) is 2. The van der Waals surface area contributed by atoms with Gasteiger partial charge >= 0.3 is 0 Å². The molecule has 11 heteroatoms. The number of nitrogens with zero attached hydrogens (tertiary/aromatic N) is 4. The van der Waals surface area contributed by atoms with Crippen LogP contribution in [0.1, 0.15) is 34.8 Å². The Kier molecular flexibility index (Phi) is 10.2. The molecule has 0 saturated carbocycles. The van der Waals surface area contributed by atoms with Crippen LogP contribution in [-0.2, 0) is 22.5 Å². The lowest BCUT2D eigenvalue weighted by Gasteiger charge is -2.31. The maximum atomic E-state index is 14.4. The first-order valence-corrected chi connectivity index (χ1v) is 15.1. The molecule has 0 radical (unpaired) electrons. The lowest BCUT2D eigenvalue weighted by molar-refractivity contribution is -0.129. The number of rotatable bonds is 12. The standard InChI is InChI=1S/C33H29BrClN5O4/c34-25-13-9-22(10-14-25)20-33(32(42)37-21-23-5-3-6-26(35)19-23)30(28-7-1-2-8-29(28)39-40-36)44-31(38-33)24-11-15-27(16-12-24)43-18-4-17-41/h1-3,5-16,19,30,41H,4,17-18,20-21H2,(H,37,42)/t30-,33-/m1/s1. The van der Waals surface area contributed by atoms with Gasteiger partial charge in [-0.15, -0.1) is 0 Å². The molecule has 1 heterocycles. The summed E-state index contributed by atoms with van der Waals surface area (Å²) < 4.78 is 13.1. The van der Waals surface area contributed by atoms with E-state index in [-0.39, 0.29) is 31.4 Å². The fraction of sp³-hybridized carbons (Fsp3) is 0.212. The predicted octanol–water partition coefficient (Wildman–Crippen LogP) is 7.62. The molecule has 0 saturated heterocycles. The van der Waals surface area contributed by atoms with Crippen molar-refractivity contribution in [3.8, 4) is 5.75 Å². The lowest BCUT2D eigenvalue weighted by Crippen LogP contribution is -2.49. The topological polar surface area (TPSA) is 129 Å². The number of aliphatic hydroxyl groups excluding tert-OH is 1. The van der Waals surface area contributed by atoms with Gasteiger partial charge in [-0.3, -0.25) is 4.79 Å². The minimum atomic E-state index is -1.47. The van der Waals surface area contributed by atoms with Gasteiger partial charge < -0.3 is 19.9 Å². The third kappa shape index (κ3) is 7.23. The first-order valence-electron chi connectivity index (χ1n) is 13.9. The highest BCUT2D eigenvalue weighted by Gasteiger charge is 2.53. The van der Waals surface area contributed by atoms with Gasteiger partial charge in [0.25, 0.3) is 5.91 Å². The average molecular weight is 675 g/mol. The smallest absolute Gasteiger partial charge is 0.252 e. The third-order valence-corrected chi connectivity index (χ3v) is 7.89. The summed E-state index contributed by atoms with van der Waals surface area (Å²) in [7, 11) is 0. The van der Waals surface area contributed by atoms with E-state index in [1.54, 1.807) is 48.5 Å². The summed E-state index contributed by atoms with van der Waals surface area (Å²) in [6.45, 7) is 0.646. The Balaban J connectivity index is 1.60. The van der Waals surface area contributed by atoms with E-state index in [9.17, 15) is 10.3 Å². The third-order valence-electron chi connectivity index (χ3n) is 7.13. The number of azide groups is 1. The Labute approximate surface area is 268 Å². The van der Waals surface area contributed by atoms with Crippen LogP contribution in [0.15, 0.2) is 112 Å². The van der Waals surface area contributed by atoms with Gasteiger partial charge in [-0.2, -0.15) is 0 Å². The number of carbonyl (C=O) groups excluding carboxylic acids is 1. The van der Waals surface area contributed by atoms with E-state index in [4.69, 9.17) is 31.2 Å². The van der Waals surface area contributed by atoms with Crippen LogP contribution in [0.5, 0.6) is 5.75 Å². The summed E-state index contributed by atoms with van der Waals surface area (Å²) in [5.41, 5.74) is 11.1. The Morgan fingerprint density at radius 3 is 2.57 bits per heavy atom. The van der Waals surface area contributed by atoms with Crippen molar-refractivity contribution in [3.05, 3.63) is 139 Å². The highest BCUT2D eigenvalue weighted by molar-refractivity contribution is 9.10. The Morgan fingerprint density at radius 2 is 1.84 bits per heavy atom. The summed E-state index contributed by atoms with van der Waals surface area (Å²) in [5.74, 6) is 0.536. The molecule has 0 unspecified atom stereocenters. The second kappa shape index (κ2) is 14.4. The minimum Gasteiger partial charge on any atom is -0.494 e. The largest absolute Gasteiger partial charge is 0.494 e. The SMILES string of the molecule is [N-]=[N+]=Nc1ccccc1[C@H]1OC(c2ccc(OCCCO)cc2)=N[C@@]1(Cc1ccc(Br)cc1)C(=O)NCc1cccc(Cl)c1. The van der Waals surface area contributed by atoms with Gasteiger partial charge in [0.2, 0.25) is 5.90 Å². The molecule has 44 heavy (non-hydrogen) atoms. The number of carbonyl (C=O) groups is 1. The molecule has 4 aromatic rings. The van der Waals surface area contributed by atoms with Crippen LogP contribution < -0.4 is 10.1 Å². The zero-order chi connectivity index (χ0) is 30.9. The first-order chi connectivity index (χ1) is 21.4. The fourth-order valence-electron chi connectivity index (χ4n) is 5.00. The van der Waals surface area contributed by atoms with Crippen LogP contribution in [-0.4, -0.2) is 35.7 Å². The van der Waals surface area contributed by atoms with Crippen molar-refractivity contribution in [2.24, 2.45) is 10.1 Å². The van der Waals surface area contributed by atoms with Crippen molar-refractivity contribution in [2.75, 3.05) is 13.2 Å². The van der Waals surface area contributed by atoms with Gasteiger partial charge in [-0.05, 0) is 65.2 Å². The fourth-order valence-corrected chi connectivity index (χ4v) is 5.48. The van der Waals surface area contributed by atoms with Crippen molar-refractivity contribution in [1.29, 1.82) is 0 Å². The number of aliphatic hydroxyl groups is 1. The van der Waals surface area contributed by atoms with Gasteiger partial charge in [-0.25, -0.2) is 4.99 Å². The molecule has 224 valence electrons. The second-order valence-corrected chi connectivity index (χ2v) is 11.5. The van der Waals surface area contributed by atoms with Crippen molar-refractivity contribution in [3.63, 3.8) is 0 Å². The Morgan fingerprint density at radius 1 is 1.07 bits per heavy atom. The second-order valence-electron chi connectivity index (χ2n) is 10.2. The van der Waals surface area contributed by atoms with E-state index in [2.05, 4.69) is 31.3 Å². The summed E-state index contributed by atoms with van der Waals surface area (Å²) in [6, 6.07) is 29.2. The molecule has 2 atom stereocenters. The van der Waals surface area contributed by atoms with Crippen molar-refractivity contribution in [2.45, 2.75) is 31.0 Å². The summed E-state index contributed by atoms with van der Waals surface area (Å²) in [5, 5.41) is 16.6. The first kappa shape index (κ1) is 31.1. The molecule has 2 N–H and O–H groups in total. The number of halogens is 2. The van der Waals surface area contributed by atoms with Crippen molar-refractivity contribution < 1.29 is 19.4 Å². The molecular weight excluding hydrogens is 646 g/mol. The quantitative estimate of drug-likeness (QED) is 0.0693. The predicted molar refractivity (Wildman–Crippen MR) is 173 cm³/mol. The zero-order valence-electron chi connectivity index (χ0n) is 23.6. The maximum Gasteiger partial charge on any atom is 0.252 e. The number of hydrogen-bond acceptors (Lipinski definition) is 6. The molecule has 0 aromatic heterocycles. The van der Waals surface area contributed by atoms with E-state index in [0.717, 1.165) is 15.6 Å². The number of aliphatic imine (C=N–C) groups is 1. The lowest BCUT2D eigenvalue weighted by atomic mass is 9.81. The van der Waals surface area contributed by atoms with Gasteiger partial charge in [0.1, 0.15) is 5.75 Å². The molecule has 1 amide bonds. The molecule has 4 aromatic carbocycles. The molecular formula is C33H29BrClN5O4. The zero-order valence-corrected chi connectivity index (χ0v) is 25.9. The van der Waals surface area contributed by atoms with Crippen LogP contribution in [0, 0.1) is 0 Å². The molecule has 0 fully saturated rings. The average Bonchev–Trinajstić information content (AvgIpc) is 3.42. The normalized spacial score (nSPS) is 17.2. The van der Waals surface area contributed by atoms with E-state index in [1.165, 1.54) is 0 Å². The van der Waals surface area contributed by atoms with Gasteiger partial charge in [0.05, 0.1) is 6.61 Å². The van der Waals surface area contributed by atoms with Gasteiger partial charge in [0.15, 0.2) is 11.6 Å². The molecule has 0 spiro atoms. The monoisotopic (exact) mass is 673 g/mol. The Hall–Kier alpha value is -4.34. The molecule has 9 nitrogen and oxygen atoms in total. The van der Waals surface area contributed by atoms with Gasteiger partial charge in [0, 0.05) is 57.2 Å². The summed E-state index contributed by atoms with van der Waals surface area (Å²) in [6.07, 6.45) is -0.210. The van der Waals surface area contributed by atoms with Crippen LogP contribution in [0.4, 0.5) is 5.69 Å². The maximum absolute atomic E-state index is 14.4.